The van der Waals surface area contributed by atoms with Crippen LogP contribution in [0.5, 0.6) is 0 Å². The highest BCUT2D eigenvalue weighted by Gasteiger charge is 2.22. The van der Waals surface area contributed by atoms with Gasteiger partial charge in [-0.2, -0.15) is 0 Å². The van der Waals surface area contributed by atoms with Gasteiger partial charge < -0.3 is 10.6 Å². The Balaban J connectivity index is 2.31. The minimum Gasteiger partial charge on any atom is -0.330 e. The molecule has 2 N–H and O–H groups in total. The van der Waals surface area contributed by atoms with E-state index in [0.717, 1.165) is 18.5 Å². The smallest absolute Gasteiger partial charge is 0.00675 e. The summed E-state index contributed by atoms with van der Waals surface area (Å²) < 4.78 is 0. The Morgan fingerprint density at radius 1 is 1.43 bits per heavy atom. The normalized spacial score (nSPS) is 25.9. The van der Waals surface area contributed by atoms with Crippen molar-refractivity contribution in [1.82, 2.24) is 4.90 Å². The van der Waals surface area contributed by atoms with Crippen LogP contribution in [0.4, 0.5) is 0 Å². The van der Waals surface area contributed by atoms with E-state index in [4.69, 9.17) is 5.73 Å². The van der Waals surface area contributed by atoms with Gasteiger partial charge in [0.15, 0.2) is 0 Å². The Morgan fingerprint density at radius 2 is 2.14 bits per heavy atom. The number of rotatable bonds is 5. The molecule has 0 aromatic carbocycles. The average molecular weight is 198 g/mol. The lowest BCUT2D eigenvalue weighted by Crippen LogP contribution is -2.35. The molecule has 84 valence electrons. The van der Waals surface area contributed by atoms with Crippen molar-refractivity contribution in [1.29, 1.82) is 0 Å². The van der Waals surface area contributed by atoms with Crippen molar-refractivity contribution in [3.8, 4) is 0 Å². The molecule has 2 unspecified atom stereocenters. The maximum atomic E-state index is 5.82. The molecule has 0 aromatic rings. The zero-order valence-corrected chi connectivity index (χ0v) is 10.00. The molecule has 1 heterocycles. The minimum absolute atomic E-state index is 0.704. The maximum absolute atomic E-state index is 5.82. The van der Waals surface area contributed by atoms with E-state index in [2.05, 4.69) is 25.7 Å². The van der Waals surface area contributed by atoms with Crippen molar-refractivity contribution in [2.24, 2.45) is 17.6 Å². The number of hydrogen-bond acceptors (Lipinski definition) is 2. The molecule has 1 saturated heterocycles. The minimum atomic E-state index is 0.704. The van der Waals surface area contributed by atoms with E-state index in [1.54, 1.807) is 0 Å². The standard InChI is InChI=1S/C12H26N2/c1-10(2)7-12(8-13)9-14-6-4-5-11(14)3/h10-12H,4-9,13H2,1-3H3. The van der Waals surface area contributed by atoms with Gasteiger partial charge in [-0.1, -0.05) is 13.8 Å². The Labute approximate surface area is 88.8 Å². The van der Waals surface area contributed by atoms with Crippen LogP contribution in [0.15, 0.2) is 0 Å². The van der Waals surface area contributed by atoms with Crippen LogP contribution in [0.1, 0.15) is 40.0 Å². The summed E-state index contributed by atoms with van der Waals surface area (Å²) in [7, 11) is 0. The van der Waals surface area contributed by atoms with Gasteiger partial charge in [-0.15, -0.1) is 0 Å². The van der Waals surface area contributed by atoms with E-state index in [0.29, 0.717) is 5.92 Å². The summed E-state index contributed by atoms with van der Waals surface area (Å²) in [6, 6.07) is 0.788. The van der Waals surface area contributed by atoms with Gasteiger partial charge >= 0.3 is 0 Å². The molecule has 2 atom stereocenters. The molecule has 1 aliphatic rings. The molecule has 0 saturated carbocycles. The number of nitrogens with two attached hydrogens (primary N) is 1. The molecule has 14 heavy (non-hydrogen) atoms. The number of nitrogens with zero attached hydrogens (tertiary/aromatic N) is 1. The summed E-state index contributed by atoms with van der Waals surface area (Å²) in [6.45, 7) is 10.3. The predicted octanol–water partition coefficient (Wildman–Crippen LogP) is 2.09. The monoisotopic (exact) mass is 198 g/mol. The second-order valence-electron chi connectivity index (χ2n) is 5.22. The first-order valence-electron chi connectivity index (χ1n) is 6.07. The topological polar surface area (TPSA) is 29.3 Å². The summed E-state index contributed by atoms with van der Waals surface area (Å²) in [6.07, 6.45) is 4.03. The van der Waals surface area contributed by atoms with Crippen LogP contribution < -0.4 is 5.73 Å². The lowest BCUT2D eigenvalue weighted by Gasteiger charge is -2.27. The van der Waals surface area contributed by atoms with Crippen molar-refractivity contribution in [2.45, 2.75) is 46.1 Å². The van der Waals surface area contributed by atoms with E-state index >= 15 is 0 Å². The Morgan fingerprint density at radius 3 is 2.57 bits per heavy atom. The van der Waals surface area contributed by atoms with Gasteiger partial charge in [0.1, 0.15) is 0 Å². The molecule has 1 rings (SSSR count). The molecular formula is C12H26N2. The third-order valence-corrected chi connectivity index (χ3v) is 3.32. The molecule has 2 nitrogen and oxygen atoms in total. The maximum Gasteiger partial charge on any atom is 0.00675 e. The Hall–Kier alpha value is -0.0800. The zero-order valence-electron chi connectivity index (χ0n) is 10.00. The summed E-state index contributed by atoms with van der Waals surface area (Å²) in [5, 5.41) is 0. The quantitative estimate of drug-likeness (QED) is 0.733. The molecule has 0 amide bonds. The number of likely N-dealkylation sites (tertiary alicyclic amines) is 1. The van der Waals surface area contributed by atoms with Crippen LogP contribution in [0, 0.1) is 11.8 Å². The van der Waals surface area contributed by atoms with Crippen molar-refractivity contribution in [2.75, 3.05) is 19.6 Å². The molecule has 1 aliphatic heterocycles. The largest absolute Gasteiger partial charge is 0.330 e. The lowest BCUT2D eigenvalue weighted by atomic mass is 9.96. The van der Waals surface area contributed by atoms with Crippen LogP contribution in [-0.2, 0) is 0 Å². The summed E-state index contributed by atoms with van der Waals surface area (Å²) in [5.41, 5.74) is 5.82. The molecule has 0 aromatic heterocycles. The first-order chi connectivity index (χ1) is 6.63. The molecule has 2 heteroatoms. The second kappa shape index (κ2) is 5.72. The Bertz CT molecular complexity index is 156. The average Bonchev–Trinajstić information content (AvgIpc) is 2.50. The van der Waals surface area contributed by atoms with E-state index < -0.39 is 0 Å². The van der Waals surface area contributed by atoms with Gasteiger partial charge in [0.05, 0.1) is 0 Å². The van der Waals surface area contributed by atoms with Gasteiger partial charge in [0.2, 0.25) is 0 Å². The van der Waals surface area contributed by atoms with E-state index in [9.17, 15) is 0 Å². The molecule has 0 radical (unpaired) electrons. The van der Waals surface area contributed by atoms with Crippen LogP contribution in [-0.4, -0.2) is 30.6 Å². The van der Waals surface area contributed by atoms with Crippen molar-refractivity contribution in [3.63, 3.8) is 0 Å². The van der Waals surface area contributed by atoms with Gasteiger partial charge in [-0.25, -0.2) is 0 Å². The molecule has 0 aliphatic carbocycles. The van der Waals surface area contributed by atoms with E-state index in [1.807, 2.05) is 0 Å². The predicted molar refractivity (Wildman–Crippen MR) is 62.3 cm³/mol. The second-order valence-corrected chi connectivity index (χ2v) is 5.22. The van der Waals surface area contributed by atoms with Crippen LogP contribution in [0.25, 0.3) is 0 Å². The van der Waals surface area contributed by atoms with Crippen molar-refractivity contribution >= 4 is 0 Å². The van der Waals surface area contributed by atoms with Gasteiger partial charge in [-0.05, 0) is 51.1 Å². The number of hydrogen-bond donors (Lipinski definition) is 1. The highest BCUT2D eigenvalue weighted by atomic mass is 15.2. The van der Waals surface area contributed by atoms with Crippen LogP contribution in [0.2, 0.25) is 0 Å². The highest BCUT2D eigenvalue weighted by Crippen LogP contribution is 2.20. The fourth-order valence-corrected chi connectivity index (χ4v) is 2.51. The van der Waals surface area contributed by atoms with Gasteiger partial charge in [-0.3, -0.25) is 0 Å². The van der Waals surface area contributed by atoms with Crippen molar-refractivity contribution in [3.05, 3.63) is 0 Å². The molecule has 0 spiro atoms. The molecule has 0 bridgehead atoms. The zero-order chi connectivity index (χ0) is 10.6. The highest BCUT2D eigenvalue weighted by molar-refractivity contribution is 4.78. The summed E-state index contributed by atoms with van der Waals surface area (Å²) in [4.78, 5) is 2.61. The first kappa shape index (κ1) is 12.0. The third-order valence-electron chi connectivity index (χ3n) is 3.32. The Kier molecular flexibility index (Phi) is 4.90. The van der Waals surface area contributed by atoms with Crippen molar-refractivity contribution < 1.29 is 0 Å². The fourth-order valence-electron chi connectivity index (χ4n) is 2.51. The first-order valence-corrected chi connectivity index (χ1v) is 6.07. The van der Waals surface area contributed by atoms with Gasteiger partial charge in [0, 0.05) is 12.6 Å². The van der Waals surface area contributed by atoms with Crippen LogP contribution in [0.3, 0.4) is 0 Å². The third kappa shape index (κ3) is 3.58. The van der Waals surface area contributed by atoms with E-state index in [-0.39, 0.29) is 0 Å². The fraction of sp³-hybridized carbons (Fsp3) is 1.00. The molecular weight excluding hydrogens is 172 g/mol. The van der Waals surface area contributed by atoms with Crippen LogP contribution >= 0.6 is 0 Å². The van der Waals surface area contributed by atoms with Gasteiger partial charge in [0.25, 0.3) is 0 Å². The summed E-state index contributed by atoms with van der Waals surface area (Å²) in [5.74, 6) is 1.48. The van der Waals surface area contributed by atoms with E-state index in [1.165, 1.54) is 32.4 Å². The summed E-state index contributed by atoms with van der Waals surface area (Å²) >= 11 is 0. The SMILES string of the molecule is CC(C)CC(CN)CN1CCCC1C. The molecule has 1 fully saturated rings. The lowest BCUT2D eigenvalue weighted by molar-refractivity contribution is 0.212.